The molecule has 34 heavy (non-hydrogen) atoms. The van der Waals surface area contributed by atoms with Gasteiger partial charge >= 0.3 is 0 Å². The maximum Gasteiger partial charge on any atom is 0.225 e. The van der Waals surface area contributed by atoms with Crippen LogP contribution in [0.4, 0.5) is 5.69 Å². The van der Waals surface area contributed by atoms with Gasteiger partial charge in [0.25, 0.3) is 0 Å². The van der Waals surface area contributed by atoms with Gasteiger partial charge in [-0.3, -0.25) is 9.69 Å². The first-order valence-electron chi connectivity index (χ1n) is 11.3. The predicted molar refractivity (Wildman–Crippen MR) is 131 cm³/mol. The van der Waals surface area contributed by atoms with Gasteiger partial charge in [-0.1, -0.05) is 6.07 Å². The average Bonchev–Trinajstić information content (AvgIpc) is 2.87. The third-order valence-electron chi connectivity index (χ3n) is 5.92. The molecule has 0 atom stereocenters. The van der Waals surface area contributed by atoms with E-state index in [4.69, 9.17) is 23.7 Å². The van der Waals surface area contributed by atoms with Crippen LogP contribution < -0.4 is 29.0 Å². The van der Waals surface area contributed by atoms with E-state index in [0.29, 0.717) is 35.9 Å². The van der Waals surface area contributed by atoms with Crippen LogP contribution in [0.3, 0.4) is 0 Å². The smallest absolute Gasteiger partial charge is 0.225 e. The number of rotatable bonds is 11. The van der Waals surface area contributed by atoms with E-state index in [9.17, 15) is 4.79 Å². The van der Waals surface area contributed by atoms with E-state index in [1.807, 2.05) is 12.1 Å². The molecule has 0 aromatic heterocycles. The molecule has 0 unspecified atom stereocenters. The normalized spacial score (nSPS) is 14.4. The van der Waals surface area contributed by atoms with Crippen molar-refractivity contribution < 1.29 is 28.5 Å². The van der Waals surface area contributed by atoms with Crippen LogP contribution in [0.25, 0.3) is 0 Å². The Bertz CT molecular complexity index is 935. The largest absolute Gasteiger partial charge is 0.493 e. The fourth-order valence-corrected chi connectivity index (χ4v) is 4.04. The first kappa shape index (κ1) is 25.5. The second kappa shape index (κ2) is 12.3. The molecule has 0 saturated carbocycles. The fourth-order valence-electron chi connectivity index (χ4n) is 4.04. The molecular weight excluding hydrogens is 438 g/mol. The zero-order valence-corrected chi connectivity index (χ0v) is 20.7. The summed E-state index contributed by atoms with van der Waals surface area (Å²) in [5.74, 6) is 2.93. The first-order valence-corrected chi connectivity index (χ1v) is 11.3. The minimum Gasteiger partial charge on any atom is -0.493 e. The van der Waals surface area contributed by atoms with Gasteiger partial charge in [0, 0.05) is 63.5 Å². The molecule has 9 nitrogen and oxygen atoms in total. The molecule has 1 heterocycles. The molecule has 1 N–H and O–H groups in total. The summed E-state index contributed by atoms with van der Waals surface area (Å²) in [4.78, 5) is 17.3. The molecule has 1 aliphatic rings. The minimum absolute atomic E-state index is 0.0537. The lowest BCUT2D eigenvalue weighted by Crippen LogP contribution is -2.46. The van der Waals surface area contributed by atoms with Crippen molar-refractivity contribution in [3.8, 4) is 28.7 Å². The molecule has 0 radical (unpaired) electrons. The number of carbonyl (C=O) groups is 1. The van der Waals surface area contributed by atoms with Gasteiger partial charge < -0.3 is 33.9 Å². The Labute approximate surface area is 201 Å². The molecule has 2 aromatic rings. The molecule has 2 aromatic carbocycles. The highest BCUT2D eigenvalue weighted by Crippen LogP contribution is 2.40. The zero-order valence-electron chi connectivity index (χ0n) is 20.7. The third kappa shape index (κ3) is 6.45. The Kier molecular flexibility index (Phi) is 9.24. The Morgan fingerprint density at radius 3 is 1.91 bits per heavy atom. The maximum absolute atomic E-state index is 12.5. The molecule has 3 rings (SSSR count). The van der Waals surface area contributed by atoms with Crippen molar-refractivity contribution in [3.05, 3.63) is 35.9 Å². The van der Waals surface area contributed by atoms with Crippen molar-refractivity contribution >= 4 is 11.6 Å². The van der Waals surface area contributed by atoms with E-state index in [0.717, 1.165) is 44.2 Å². The molecule has 9 heteroatoms. The molecule has 1 amide bonds. The molecule has 1 fully saturated rings. The van der Waals surface area contributed by atoms with Gasteiger partial charge in [-0.05, 0) is 17.7 Å². The number of hydrogen-bond donors (Lipinski definition) is 1. The summed E-state index contributed by atoms with van der Waals surface area (Å²) < 4.78 is 26.8. The van der Waals surface area contributed by atoms with Crippen molar-refractivity contribution in [1.82, 2.24) is 9.80 Å². The van der Waals surface area contributed by atoms with E-state index in [1.165, 1.54) is 5.56 Å². The Morgan fingerprint density at radius 2 is 1.35 bits per heavy atom. The van der Waals surface area contributed by atoms with E-state index in [1.54, 1.807) is 47.7 Å². The number of piperazine rings is 1. The lowest BCUT2D eigenvalue weighted by molar-refractivity contribution is -0.116. The van der Waals surface area contributed by atoms with Gasteiger partial charge in [-0.15, -0.1) is 0 Å². The summed E-state index contributed by atoms with van der Waals surface area (Å²) in [6.45, 7) is 5.30. The average molecular weight is 474 g/mol. The van der Waals surface area contributed by atoms with Gasteiger partial charge in [0.05, 0.1) is 35.5 Å². The number of amides is 1. The van der Waals surface area contributed by atoms with Crippen LogP contribution in [-0.2, 0) is 11.3 Å². The van der Waals surface area contributed by atoms with Crippen LogP contribution in [0.2, 0.25) is 0 Å². The Balaban J connectivity index is 1.46. The highest BCUT2D eigenvalue weighted by molar-refractivity contribution is 5.91. The minimum atomic E-state index is -0.0537. The van der Waals surface area contributed by atoms with Crippen LogP contribution >= 0.6 is 0 Å². The number of nitrogens with zero attached hydrogens (tertiary/aromatic N) is 2. The molecule has 1 saturated heterocycles. The number of hydrogen-bond acceptors (Lipinski definition) is 8. The van der Waals surface area contributed by atoms with Crippen LogP contribution in [0.15, 0.2) is 30.3 Å². The zero-order chi connectivity index (χ0) is 24.5. The monoisotopic (exact) mass is 473 g/mol. The van der Waals surface area contributed by atoms with Crippen molar-refractivity contribution in [2.45, 2.75) is 13.0 Å². The number of nitrogens with one attached hydrogen (secondary N) is 1. The number of benzene rings is 2. The molecule has 0 bridgehead atoms. The SMILES string of the molecule is COc1ccc(CN2CCN(CCC(=O)Nc3cc(OC)c(OC)c(OC)c3)CC2)cc1OC. The van der Waals surface area contributed by atoms with Crippen molar-refractivity contribution in [2.75, 3.05) is 73.6 Å². The third-order valence-corrected chi connectivity index (χ3v) is 5.92. The maximum atomic E-state index is 12.5. The highest BCUT2D eigenvalue weighted by atomic mass is 16.5. The Morgan fingerprint density at radius 1 is 0.765 bits per heavy atom. The summed E-state index contributed by atoms with van der Waals surface area (Å²) in [6.07, 6.45) is 0.409. The standard InChI is InChI=1S/C25H35N3O6/c1-30-20-7-6-18(14-21(20)31-2)17-28-12-10-27(11-13-28)9-8-24(29)26-19-15-22(32-3)25(34-5)23(16-19)33-4/h6-7,14-16H,8-13,17H2,1-5H3,(H,26,29). The predicted octanol–water partition coefficient (Wildman–Crippen LogP) is 2.88. The lowest BCUT2D eigenvalue weighted by atomic mass is 10.1. The van der Waals surface area contributed by atoms with E-state index >= 15 is 0 Å². The molecule has 1 aliphatic heterocycles. The quantitative estimate of drug-likeness (QED) is 0.534. The number of methoxy groups -OCH3 is 5. The summed E-state index contributed by atoms with van der Waals surface area (Å²) in [5.41, 5.74) is 1.80. The molecular formula is C25H35N3O6. The molecule has 186 valence electrons. The lowest BCUT2D eigenvalue weighted by Gasteiger charge is -2.34. The Hall–Kier alpha value is -3.17. The molecule has 0 spiro atoms. The van der Waals surface area contributed by atoms with Gasteiger partial charge in [-0.2, -0.15) is 0 Å². The molecule has 0 aliphatic carbocycles. The highest BCUT2D eigenvalue weighted by Gasteiger charge is 2.19. The van der Waals surface area contributed by atoms with E-state index < -0.39 is 0 Å². The van der Waals surface area contributed by atoms with Gasteiger partial charge in [0.2, 0.25) is 11.7 Å². The second-order valence-electron chi connectivity index (χ2n) is 8.02. The number of ether oxygens (including phenoxy) is 5. The van der Waals surface area contributed by atoms with Crippen molar-refractivity contribution in [3.63, 3.8) is 0 Å². The van der Waals surface area contributed by atoms with Crippen LogP contribution in [0.5, 0.6) is 28.7 Å². The summed E-state index contributed by atoms with van der Waals surface area (Å²) in [6, 6.07) is 9.50. The van der Waals surface area contributed by atoms with E-state index in [2.05, 4.69) is 21.2 Å². The van der Waals surface area contributed by atoms with Crippen molar-refractivity contribution in [2.24, 2.45) is 0 Å². The van der Waals surface area contributed by atoms with Crippen LogP contribution in [0, 0.1) is 0 Å². The topological polar surface area (TPSA) is 81.7 Å². The van der Waals surface area contributed by atoms with Crippen LogP contribution in [0.1, 0.15) is 12.0 Å². The van der Waals surface area contributed by atoms with Crippen LogP contribution in [-0.4, -0.2) is 84.0 Å². The second-order valence-corrected chi connectivity index (χ2v) is 8.02. The number of carbonyl (C=O) groups excluding carboxylic acids is 1. The summed E-state index contributed by atoms with van der Waals surface area (Å²) >= 11 is 0. The van der Waals surface area contributed by atoms with Crippen molar-refractivity contribution in [1.29, 1.82) is 0 Å². The van der Waals surface area contributed by atoms with Gasteiger partial charge in [-0.25, -0.2) is 0 Å². The fraction of sp³-hybridized carbons (Fsp3) is 0.480. The van der Waals surface area contributed by atoms with Gasteiger partial charge in [0.15, 0.2) is 23.0 Å². The first-order chi connectivity index (χ1) is 16.5. The number of anilines is 1. The summed E-state index contributed by atoms with van der Waals surface area (Å²) in [5, 5.41) is 2.93. The van der Waals surface area contributed by atoms with Gasteiger partial charge in [0.1, 0.15) is 0 Å². The van der Waals surface area contributed by atoms with E-state index in [-0.39, 0.29) is 5.91 Å². The summed E-state index contributed by atoms with van der Waals surface area (Å²) in [7, 11) is 7.94.